The van der Waals surface area contributed by atoms with E-state index in [-0.39, 0.29) is 56.6 Å². The van der Waals surface area contributed by atoms with Gasteiger partial charge < -0.3 is 40.3 Å². The number of phenols is 1. The fourth-order valence-electron chi connectivity index (χ4n) is 6.76. The molecular formula is C39H48F4N6O7. The lowest BCUT2D eigenvalue weighted by molar-refractivity contribution is -0.136. The van der Waals surface area contributed by atoms with Crippen molar-refractivity contribution in [2.45, 2.75) is 77.7 Å². The zero-order chi connectivity index (χ0) is 40.2. The molecule has 17 heteroatoms. The normalized spacial score (nSPS) is 15.7. The number of nitrogen functional groups attached to an aromatic ring is 1. The Labute approximate surface area is 321 Å². The van der Waals surface area contributed by atoms with E-state index in [0.717, 1.165) is 66.4 Å². The number of phenolic OH excluding ortho intramolecular Hbond substituents is 1. The molecule has 1 aliphatic rings. The lowest BCUT2D eigenvalue weighted by Gasteiger charge is -2.27. The molecule has 2 aromatic heterocycles. The number of halogens is 4. The fourth-order valence-corrected chi connectivity index (χ4v) is 6.76. The van der Waals surface area contributed by atoms with E-state index in [2.05, 4.69) is 37.9 Å². The fraction of sp³-hybridized carbons (Fsp3) is 0.513. The van der Waals surface area contributed by atoms with E-state index >= 15 is 0 Å². The number of aryl methyl sites for hydroxylation is 2. The summed E-state index contributed by atoms with van der Waals surface area (Å²) in [6.45, 7) is 3.88. The van der Waals surface area contributed by atoms with Gasteiger partial charge in [0.25, 0.3) is 0 Å². The Balaban J connectivity index is 0.920. The van der Waals surface area contributed by atoms with E-state index in [1.165, 1.54) is 0 Å². The maximum Gasteiger partial charge on any atom is 0.313 e. The van der Waals surface area contributed by atoms with Crippen molar-refractivity contribution < 1.29 is 51.3 Å². The van der Waals surface area contributed by atoms with Gasteiger partial charge in [-0.2, -0.15) is 13.2 Å². The predicted molar refractivity (Wildman–Crippen MR) is 199 cm³/mol. The number of esters is 1. The zero-order valence-electron chi connectivity index (χ0n) is 31.3. The summed E-state index contributed by atoms with van der Waals surface area (Å²) >= 11 is 0. The van der Waals surface area contributed by atoms with Crippen molar-refractivity contribution in [2.24, 2.45) is 11.8 Å². The van der Waals surface area contributed by atoms with Gasteiger partial charge in [-0.15, -0.1) is 0 Å². The number of benzene rings is 2. The van der Waals surface area contributed by atoms with Crippen molar-refractivity contribution in [1.82, 2.24) is 25.2 Å². The third-order valence-corrected chi connectivity index (χ3v) is 9.80. The Bertz CT molecular complexity index is 1980. The number of anilines is 1. The maximum absolute atomic E-state index is 13.8. The number of nitrogens with one attached hydrogen (secondary N) is 2. The second kappa shape index (κ2) is 20.2. The summed E-state index contributed by atoms with van der Waals surface area (Å²) in [6, 6.07) is 7.95. The largest absolute Gasteiger partial charge is 0.503 e. The summed E-state index contributed by atoms with van der Waals surface area (Å²) in [5.74, 6) is -11.9. The van der Waals surface area contributed by atoms with Crippen LogP contribution in [0.2, 0.25) is 0 Å². The molecule has 0 bridgehead atoms. The number of rotatable bonds is 20. The zero-order valence-corrected chi connectivity index (χ0v) is 31.3. The number of imidazole rings is 1. The van der Waals surface area contributed by atoms with Crippen LogP contribution in [0.5, 0.6) is 11.5 Å². The van der Waals surface area contributed by atoms with E-state index < -0.39 is 47.2 Å². The molecule has 5 rings (SSSR count). The monoisotopic (exact) mass is 788 g/mol. The van der Waals surface area contributed by atoms with Crippen LogP contribution < -0.4 is 21.1 Å². The SMILES string of the molecule is CCCCc1nc2c(N)nc3ccccc3c2n1CCCCNC(=O)C1CCC(C(=O)NCCOCCOCCC(=O)Oc2c(F)c(O)c(F)c(F)c2F)CC1. The van der Waals surface area contributed by atoms with Gasteiger partial charge in [0.15, 0.2) is 11.6 Å². The number of hydrogen-bond acceptors (Lipinski definition) is 10. The second-order valence-corrected chi connectivity index (χ2v) is 13.7. The van der Waals surface area contributed by atoms with E-state index in [0.29, 0.717) is 38.0 Å². The minimum Gasteiger partial charge on any atom is -0.503 e. The highest BCUT2D eigenvalue weighted by Gasteiger charge is 2.30. The van der Waals surface area contributed by atoms with Gasteiger partial charge in [-0.3, -0.25) is 14.4 Å². The minimum atomic E-state index is -2.18. The van der Waals surface area contributed by atoms with E-state index in [1.54, 1.807) is 0 Å². The standard InChI is InChI=1S/C39H48F4N6O7/c1-2-3-10-27-48-33-34(25-8-4-5-9-26(25)47-37(33)44)49(27)18-7-6-16-45-38(52)23-11-13-24(14-12-23)39(53)46-17-20-55-22-21-54-19-15-28(50)56-36-31(42)29(40)30(41)35(51)32(36)43/h4-5,8-9,23-24,51H,2-3,6-7,10-22H2,1H3,(H2,44,47)(H,45,52)(H,46,53). The first-order valence-corrected chi connectivity index (χ1v) is 19.0. The molecule has 0 unspecified atom stereocenters. The molecule has 4 aromatic rings. The molecule has 2 heterocycles. The molecule has 304 valence electrons. The lowest BCUT2D eigenvalue weighted by Crippen LogP contribution is -2.38. The molecule has 0 aliphatic heterocycles. The molecule has 56 heavy (non-hydrogen) atoms. The number of nitrogens with zero attached hydrogens (tertiary/aromatic N) is 3. The van der Waals surface area contributed by atoms with Crippen LogP contribution in [0.3, 0.4) is 0 Å². The number of fused-ring (bicyclic) bond motifs is 3. The number of amides is 2. The number of hydrogen-bond donors (Lipinski definition) is 4. The van der Waals surface area contributed by atoms with Crippen LogP contribution in [-0.4, -0.2) is 76.9 Å². The van der Waals surface area contributed by atoms with Crippen LogP contribution in [0.15, 0.2) is 24.3 Å². The molecule has 2 aromatic carbocycles. The van der Waals surface area contributed by atoms with Gasteiger partial charge in [-0.05, 0) is 51.0 Å². The summed E-state index contributed by atoms with van der Waals surface area (Å²) in [7, 11) is 0. The number of ether oxygens (including phenoxy) is 3. The van der Waals surface area contributed by atoms with Gasteiger partial charge in [0.1, 0.15) is 11.3 Å². The van der Waals surface area contributed by atoms with Crippen molar-refractivity contribution in [3.8, 4) is 11.5 Å². The third kappa shape index (κ3) is 10.4. The van der Waals surface area contributed by atoms with Crippen LogP contribution >= 0.6 is 0 Å². The Hall–Kier alpha value is -5.03. The molecule has 1 saturated carbocycles. The summed E-state index contributed by atoms with van der Waals surface area (Å²) < 4.78 is 71.3. The minimum absolute atomic E-state index is 0.0178. The molecule has 0 saturated heterocycles. The van der Waals surface area contributed by atoms with Gasteiger partial charge in [-0.1, -0.05) is 31.5 Å². The van der Waals surface area contributed by atoms with Crippen molar-refractivity contribution in [1.29, 1.82) is 0 Å². The summed E-state index contributed by atoms with van der Waals surface area (Å²) in [5.41, 5.74) is 8.90. The maximum atomic E-state index is 13.8. The van der Waals surface area contributed by atoms with Gasteiger partial charge in [-0.25, -0.2) is 14.4 Å². The molecule has 0 atom stereocenters. The van der Waals surface area contributed by atoms with Crippen molar-refractivity contribution >= 4 is 45.5 Å². The quantitative estimate of drug-likeness (QED) is 0.0219. The van der Waals surface area contributed by atoms with Crippen LogP contribution in [0.25, 0.3) is 21.9 Å². The van der Waals surface area contributed by atoms with Crippen LogP contribution in [0, 0.1) is 35.1 Å². The van der Waals surface area contributed by atoms with Gasteiger partial charge in [0.05, 0.1) is 43.9 Å². The Morgan fingerprint density at radius 3 is 2.20 bits per heavy atom. The molecule has 1 aliphatic carbocycles. The van der Waals surface area contributed by atoms with Crippen molar-refractivity contribution in [2.75, 3.05) is 45.3 Å². The Morgan fingerprint density at radius 1 is 0.839 bits per heavy atom. The number of nitrogens with two attached hydrogens (primary N) is 1. The van der Waals surface area contributed by atoms with Crippen LogP contribution in [-0.2, 0) is 36.8 Å². The number of carbonyl (C=O) groups is 3. The number of para-hydroxylation sites is 1. The topological polar surface area (TPSA) is 180 Å². The van der Waals surface area contributed by atoms with Crippen LogP contribution in [0.1, 0.15) is 70.5 Å². The number of pyridine rings is 1. The number of aromatic hydroxyl groups is 1. The molecule has 1 fully saturated rings. The average molecular weight is 789 g/mol. The summed E-state index contributed by atoms with van der Waals surface area (Å²) in [6.07, 6.45) is 6.58. The first-order valence-electron chi connectivity index (χ1n) is 19.0. The first kappa shape index (κ1) is 42.1. The predicted octanol–water partition coefficient (Wildman–Crippen LogP) is 5.62. The van der Waals surface area contributed by atoms with E-state index in [9.17, 15) is 31.9 Å². The highest BCUT2D eigenvalue weighted by Crippen LogP contribution is 2.35. The van der Waals surface area contributed by atoms with Crippen LogP contribution in [0.4, 0.5) is 23.4 Å². The second-order valence-electron chi connectivity index (χ2n) is 13.7. The average Bonchev–Trinajstić information content (AvgIpc) is 3.58. The Morgan fingerprint density at radius 2 is 1.50 bits per heavy atom. The molecule has 5 N–H and O–H groups in total. The third-order valence-electron chi connectivity index (χ3n) is 9.80. The smallest absolute Gasteiger partial charge is 0.313 e. The highest BCUT2D eigenvalue weighted by atomic mass is 19.2. The van der Waals surface area contributed by atoms with Crippen molar-refractivity contribution in [3.05, 3.63) is 53.4 Å². The number of carbonyl (C=O) groups excluding carboxylic acids is 3. The van der Waals surface area contributed by atoms with Crippen molar-refractivity contribution in [3.63, 3.8) is 0 Å². The van der Waals surface area contributed by atoms with E-state index in [4.69, 9.17) is 25.3 Å². The number of unbranched alkanes of at least 4 members (excludes halogenated alkanes) is 2. The van der Waals surface area contributed by atoms with E-state index in [1.807, 2.05) is 18.2 Å². The molecule has 2 amide bonds. The molecule has 0 spiro atoms. The molecular weight excluding hydrogens is 740 g/mol. The summed E-state index contributed by atoms with van der Waals surface area (Å²) in [4.78, 5) is 46.9. The van der Waals surface area contributed by atoms with Gasteiger partial charge in [0, 0.05) is 43.3 Å². The van der Waals surface area contributed by atoms with Gasteiger partial charge in [0.2, 0.25) is 40.8 Å². The summed E-state index contributed by atoms with van der Waals surface area (Å²) in [5, 5.41) is 16.1. The number of aromatic nitrogens is 3. The molecule has 0 radical (unpaired) electrons. The highest BCUT2D eigenvalue weighted by molar-refractivity contribution is 6.06. The van der Waals surface area contributed by atoms with Gasteiger partial charge >= 0.3 is 5.97 Å². The lowest BCUT2D eigenvalue weighted by atomic mass is 9.81. The Kier molecular flexibility index (Phi) is 15.2. The first-order chi connectivity index (χ1) is 27.0. The molecule has 13 nitrogen and oxygen atoms in total.